The van der Waals surface area contributed by atoms with Crippen molar-refractivity contribution in [3.8, 4) is 0 Å². The summed E-state index contributed by atoms with van der Waals surface area (Å²) in [6.45, 7) is 3.09. The van der Waals surface area contributed by atoms with Crippen molar-refractivity contribution in [1.82, 2.24) is 9.88 Å². The molecule has 1 aromatic heterocycles. The number of hydrogen-bond donors (Lipinski definition) is 1. The summed E-state index contributed by atoms with van der Waals surface area (Å²) in [5.74, 6) is -0.491. The molecule has 1 aliphatic rings. The third-order valence-corrected chi connectivity index (χ3v) is 3.48. The summed E-state index contributed by atoms with van der Waals surface area (Å²) in [5.41, 5.74) is -2.76. The predicted molar refractivity (Wildman–Crippen MR) is 72.6 cm³/mol. The van der Waals surface area contributed by atoms with E-state index >= 15 is 0 Å². The molecule has 0 aliphatic carbocycles. The molecule has 0 saturated carbocycles. The van der Waals surface area contributed by atoms with Gasteiger partial charge in [-0.05, 0) is 18.6 Å². The van der Waals surface area contributed by atoms with E-state index in [2.05, 4.69) is 0 Å². The van der Waals surface area contributed by atoms with E-state index < -0.39 is 23.2 Å². The zero-order valence-corrected chi connectivity index (χ0v) is 12.1. The van der Waals surface area contributed by atoms with E-state index in [9.17, 15) is 22.8 Å². The third-order valence-electron chi connectivity index (χ3n) is 3.48. The Morgan fingerprint density at radius 3 is 2.77 bits per heavy atom. The third kappa shape index (κ3) is 3.68. The molecule has 8 heteroatoms. The predicted octanol–water partition coefficient (Wildman–Crippen LogP) is 2.03. The molecular formula is C14H17F3N2O3. The van der Waals surface area contributed by atoms with Crippen LogP contribution in [0.3, 0.4) is 0 Å². The fraction of sp³-hybridized carbons (Fsp3) is 0.571. The molecular weight excluding hydrogens is 301 g/mol. The van der Waals surface area contributed by atoms with Gasteiger partial charge in [-0.2, -0.15) is 13.2 Å². The molecule has 2 rings (SSSR count). The number of carbonyl (C=O) groups excluding carboxylic acids is 1. The molecule has 1 N–H and O–H groups in total. The average molecular weight is 318 g/mol. The average Bonchev–Trinajstić information content (AvgIpc) is 2.45. The topological polar surface area (TPSA) is 62.4 Å². The molecule has 1 saturated heterocycles. The number of rotatable bonds is 3. The number of hydrogen-bond acceptors (Lipinski definition) is 3. The highest BCUT2D eigenvalue weighted by Crippen LogP contribution is 2.26. The Morgan fingerprint density at radius 2 is 2.18 bits per heavy atom. The van der Waals surface area contributed by atoms with Crippen molar-refractivity contribution in [3.63, 3.8) is 0 Å². The van der Waals surface area contributed by atoms with E-state index in [0.717, 1.165) is 18.9 Å². The van der Waals surface area contributed by atoms with E-state index in [-0.39, 0.29) is 11.8 Å². The van der Waals surface area contributed by atoms with Gasteiger partial charge in [0.15, 0.2) is 0 Å². The van der Waals surface area contributed by atoms with Gasteiger partial charge in [-0.1, -0.05) is 13.3 Å². The van der Waals surface area contributed by atoms with Crippen molar-refractivity contribution in [1.29, 1.82) is 0 Å². The Balaban J connectivity index is 2.16. The van der Waals surface area contributed by atoms with Gasteiger partial charge in [0, 0.05) is 13.1 Å². The minimum Gasteiger partial charge on any atom is -0.375 e. The monoisotopic (exact) mass is 318 g/mol. The first-order valence-corrected chi connectivity index (χ1v) is 7.04. The zero-order valence-electron chi connectivity index (χ0n) is 12.1. The number of alkyl halides is 3. The van der Waals surface area contributed by atoms with Crippen LogP contribution in [0.2, 0.25) is 0 Å². The van der Waals surface area contributed by atoms with Gasteiger partial charge in [0.05, 0.1) is 12.7 Å². The summed E-state index contributed by atoms with van der Waals surface area (Å²) in [6.07, 6.45) is -3.11. The maximum absolute atomic E-state index is 12.5. The Hall–Kier alpha value is -1.83. The Labute approximate surface area is 125 Å². The largest absolute Gasteiger partial charge is 0.421 e. The maximum Gasteiger partial charge on any atom is 0.421 e. The number of halogens is 3. The maximum atomic E-state index is 12.5. The molecule has 0 radical (unpaired) electrons. The number of H-pyrrole nitrogens is 1. The molecule has 2 heterocycles. The van der Waals surface area contributed by atoms with Crippen molar-refractivity contribution in [2.45, 2.75) is 32.0 Å². The molecule has 0 spiro atoms. The number of ether oxygens (including phenoxy) is 1. The van der Waals surface area contributed by atoms with Crippen molar-refractivity contribution >= 4 is 5.91 Å². The highest BCUT2D eigenvalue weighted by Gasteiger charge is 2.34. The van der Waals surface area contributed by atoms with E-state index in [0.29, 0.717) is 25.8 Å². The van der Waals surface area contributed by atoms with Crippen molar-refractivity contribution in [3.05, 3.63) is 33.7 Å². The Kier molecular flexibility index (Phi) is 4.90. The molecule has 22 heavy (non-hydrogen) atoms. The van der Waals surface area contributed by atoms with E-state index in [4.69, 9.17) is 4.74 Å². The minimum absolute atomic E-state index is 0.0797. The first-order valence-electron chi connectivity index (χ1n) is 7.04. The molecule has 0 bridgehead atoms. The van der Waals surface area contributed by atoms with Gasteiger partial charge < -0.3 is 14.6 Å². The fourth-order valence-corrected chi connectivity index (χ4v) is 2.39. The number of aromatic amines is 1. The van der Waals surface area contributed by atoms with Crippen LogP contribution < -0.4 is 5.56 Å². The standard InChI is InChI=1S/C14H17F3N2O3/c1-2-3-9-8-19(6-7-22-9)13(21)11-5-4-10(12(20)18-11)14(15,16)17/h4-5,9H,2-3,6-8H2,1H3,(H,18,20). The van der Waals surface area contributed by atoms with Gasteiger partial charge in [-0.3, -0.25) is 9.59 Å². The van der Waals surface area contributed by atoms with Gasteiger partial charge in [0.2, 0.25) is 0 Å². The van der Waals surface area contributed by atoms with Gasteiger partial charge in [0.25, 0.3) is 11.5 Å². The molecule has 1 amide bonds. The Bertz CT molecular complexity index is 596. The summed E-state index contributed by atoms with van der Waals surface area (Å²) in [6, 6.07) is 1.63. The molecule has 1 fully saturated rings. The smallest absolute Gasteiger partial charge is 0.375 e. The molecule has 0 aromatic carbocycles. The van der Waals surface area contributed by atoms with Crippen molar-refractivity contribution in [2.75, 3.05) is 19.7 Å². The number of nitrogens with one attached hydrogen (secondary N) is 1. The van der Waals surface area contributed by atoms with Gasteiger partial charge >= 0.3 is 6.18 Å². The number of aromatic nitrogens is 1. The second-order valence-electron chi connectivity index (χ2n) is 5.15. The van der Waals surface area contributed by atoms with Crippen molar-refractivity contribution in [2.24, 2.45) is 0 Å². The van der Waals surface area contributed by atoms with E-state index in [1.165, 1.54) is 4.90 Å². The van der Waals surface area contributed by atoms with Crippen LogP contribution in [0.15, 0.2) is 16.9 Å². The summed E-state index contributed by atoms with van der Waals surface area (Å²) < 4.78 is 43.1. The highest BCUT2D eigenvalue weighted by atomic mass is 19.4. The minimum atomic E-state index is -4.74. The summed E-state index contributed by atoms with van der Waals surface area (Å²) in [7, 11) is 0. The van der Waals surface area contributed by atoms with E-state index in [1.807, 2.05) is 11.9 Å². The van der Waals surface area contributed by atoms with Crippen LogP contribution in [-0.2, 0) is 10.9 Å². The quantitative estimate of drug-likeness (QED) is 0.927. The van der Waals surface area contributed by atoms with Crippen molar-refractivity contribution < 1.29 is 22.7 Å². The molecule has 1 aliphatic heterocycles. The van der Waals surface area contributed by atoms with Crippen LogP contribution in [0.5, 0.6) is 0 Å². The lowest BCUT2D eigenvalue weighted by atomic mass is 10.1. The number of nitrogens with zero attached hydrogens (tertiary/aromatic N) is 1. The van der Waals surface area contributed by atoms with Crippen LogP contribution in [-0.4, -0.2) is 41.6 Å². The molecule has 1 atom stereocenters. The first-order chi connectivity index (χ1) is 10.3. The van der Waals surface area contributed by atoms with Gasteiger partial charge in [-0.25, -0.2) is 0 Å². The molecule has 122 valence electrons. The molecule has 5 nitrogen and oxygen atoms in total. The zero-order chi connectivity index (χ0) is 16.3. The van der Waals surface area contributed by atoms with Gasteiger partial charge in [0.1, 0.15) is 11.3 Å². The second kappa shape index (κ2) is 6.51. The molecule has 1 unspecified atom stereocenters. The van der Waals surface area contributed by atoms with Gasteiger partial charge in [-0.15, -0.1) is 0 Å². The SMILES string of the molecule is CCCC1CN(C(=O)c2ccc(C(F)(F)F)c(=O)[nH]2)CCO1. The van der Waals surface area contributed by atoms with Crippen LogP contribution in [0.4, 0.5) is 13.2 Å². The summed E-state index contributed by atoms with van der Waals surface area (Å²) in [4.78, 5) is 27.3. The molecule has 1 aromatic rings. The Morgan fingerprint density at radius 1 is 1.45 bits per heavy atom. The highest BCUT2D eigenvalue weighted by molar-refractivity contribution is 5.92. The van der Waals surface area contributed by atoms with Crippen LogP contribution in [0, 0.1) is 0 Å². The number of pyridine rings is 1. The van der Waals surface area contributed by atoms with Crippen LogP contribution in [0.1, 0.15) is 35.8 Å². The summed E-state index contributed by atoms with van der Waals surface area (Å²) >= 11 is 0. The lowest BCUT2D eigenvalue weighted by molar-refractivity contribution is -0.138. The first kappa shape index (κ1) is 16.5. The van der Waals surface area contributed by atoms with Crippen LogP contribution >= 0.6 is 0 Å². The summed E-state index contributed by atoms with van der Waals surface area (Å²) in [5, 5.41) is 0. The number of carbonyl (C=O) groups is 1. The normalized spacial score (nSPS) is 19.3. The van der Waals surface area contributed by atoms with E-state index in [1.54, 1.807) is 0 Å². The number of morpholine rings is 1. The number of amides is 1. The lowest BCUT2D eigenvalue weighted by Gasteiger charge is -2.32. The van der Waals surface area contributed by atoms with Crippen LogP contribution in [0.25, 0.3) is 0 Å². The second-order valence-corrected chi connectivity index (χ2v) is 5.15. The fourth-order valence-electron chi connectivity index (χ4n) is 2.39. The lowest BCUT2D eigenvalue weighted by Crippen LogP contribution is -2.46.